The Bertz CT molecular complexity index is 916. The van der Waals surface area contributed by atoms with Crippen molar-refractivity contribution < 1.29 is 33.6 Å². The molecular formula is C25H38Cl2NO7P. The molecule has 1 fully saturated rings. The Hall–Kier alpha value is -1.31. The van der Waals surface area contributed by atoms with Crippen LogP contribution in [-0.2, 0) is 18.8 Å². The highest BCUT2D eigenvalue weighted by Crippen LogP contribution is 2.37. The second-order valence-electron chi connectivity index (χ2n) is 9.85. The van der Waals surface area contributed by atoms with Gasteiger partial charge in [0.05, 0.1) is 22.0 Å². The Balaban J connectivity index is 2.14. The number of hydrogen-bond donors (Lipinski definition) is 2. The van der Waals surface area contributed by atoms with E-state index in [0.29, 0.717) is 40.5 Å². The second kappa shape index (κ2) is 14.6. The normalized spacial score (nSPS) is 21.4. The molecule has 0 radical (unpaired) electrons. The number of carbonyl (C=O) groups excluding carboxylic acids is 2. The summed E-state index contributed by atoms with van der Waals surface area (Å²) in [5.74, 6) is -0.377. The third-order valence-electron chi connectivity index (χ3n) is 6.58. The summed E-state index contributed by atoms with van der Waals surface area (Å²) in [6.45, 7) is 6.54. The molecule has 1 aliphatic rings. The molecule has 0 bridgehead atoms. The van der Waals surface area contributed by atoms with E-state index in [2.05, 4.69) is 0 Å². The minimum absolute atomic E-state index is 0.213. The summed E-state index contributed by atoms with van der Waals surface area (Å²) in [6, 6.07) is 4.35. The second-order valence-corrected chi connectivity index (χ2v) is 11.9. The molecule has 204 valence electrons. The topological polar surface area (TPSA) is 113 Å². The summed E-state index contributed by atoms with van der Waals surface area (Å²) < 4.78 is 21.8. The van der Waals surface area contributed by atoms with Crippen molar-refractivity contribution >= 4 is 43.3 Å². The summed E-state index contributed by atoms with van der Waals surface area (Å²) in [5.41, 5.74) is 0.651. The minimum atomic E-state index is -2.51. The maximum absolute atomic E-state index is 13.2. The standard InChI is InChI=1S/C25H38Cl2NO7P/c1-15(2)24(30)34-17(4)35-25(31)28(16(3)20-9-10-21(26)22(27)13-20)23(29)11-8-18-6-5-7-19(12-18)14-36(32)33/h9-10,13,15-19,23,29,36H,5-8,11-12,14H2,1-4H3,(H,32,33)/t16-,17?,18?,19?,23?/m0/s1. The van der Waals surface area contributed by atoms with Crippen molar-refractivity contribution in [2.45, 2.75) is 84.8 Å². The first-order valence-corrected chi connectivity index (χ1v) is 14.7. The predicted octanol–water partition coefficient (Wildman–Crippen LogP) is 6.41. The minimum Gasteiger partial charge on any atom is -0.425 e. The van der Waals surface area contributed by atoms with Crippen LogP contribution in [0, 0.1) is 17.8 Å². The summed E-state index contributed by atoms with van der Waals surface area (Å²) in [5, 5.41) is 11.8. The number of rotatable bonds is 11. The van der Waals surface area contributed by atoms with Crippen LogP contribution in [0.4, 0.5) is 4.79 Å². The van der Waals surface area contributed by atoms with Crippen LogP contribution in [0.15, 0.2) is 18.2 Å². The van der Waals surface area contributed by atoms with Gasteiger partial charge in [-0.3, -0.25) is 14.3 Å². The van der Waals surface area contributed by atoms with Gasteiger partial charge in [0.25, 0.3) is 0 Å². The predicted molar refractivity (Wildman–Crippen MR) is 140 cm³/mol. The van der Waals surface area contributed by atoms with Gasteiger partial charge in [-0.25, -0.2) is 4.79 Å². The molecule has 0 aliphatic heterocycles. The fourth-order valence-corrected chi connectivity index (χ4v) is 5.79. The van der Waals surface area contributed by atoms with E-state index in [1.165, 1.54) is 11.8 Å². The van der Waals surface area contributed by atoms with Crippen molar-refractivity contribution in [3.8, 4) is 0 Å². The highest BCUT2D eigenvalue weighted by atomic mass is 35.5. The number of ether oxygens (including phenoxy) is 2. The first kappa shape index (κ1) is 30.9. The van der Waals surface area contributed by atoms with E-state index < -0.39 is 38.7 Å². The van der Waals surface area contributed by atoms with Crippen molar-refractivity contribution in [3.63, 3.8) is 0 Å². The Morgan fingerprint density at radius 3 is 2.39 bits per heavy atom. The van der Waals surface area contributed by atoms with E-state index in [1.54, 1.807) is 39.0 Å². The van der Waals surface area contributed by atoms with E-state index in [-0.39, 0.29) is 11.8 Å². The van der Waals surface area contributed by atoms with Crippen LogP contribution in [0.5, 0.6) is 0 Å². The van der Waals surface area contributed by atoms with Crippen LogP contribution in [-0.4, -0.2) is 45.6 Å². The lowest BCUT2D eigenvalue weighted by Crippen LogP contribution is -2.44. The lowest BCUT2D eigenvalue weighted by atomic mass is 9.80. The highest BCUT2D eigenvalue weighted by molar-refractivity contribution is 7.38. The van der Waals surface area contributed by atoms with E-state index in [4.69, 9.17) is 32.7 Å². The summed E-state index contributed by atoms with van der Waals surface area (Å²) in [6.07, 6.45) is 1.88. The molecule has 5 unspecified atom stereocenters. The van der Waals surface area contributed by atoms with E-state index in [9.17, 15) is 24.2 Å². The number of aliphatic hydroxyl groups is 1. The quantitative estimate of drug-likeness (QED) is 0.181. The van der Waals surface area contributed by atoms with Crippen molar-refractivity contribution in [3.05, 3.63) is 33.8 Å². The Kier molecular flexibility index (Phi) is 12.5. The van der Waals surface area contributed by atoms with E-state index in [1.807, 2.05) is 0 Å². The SMILES string of the molecule is CC(OC(=O)C(C)C)OC(=O)N(C(O)CCC1CCCC(C[PH](=O)O)C1)[C@@H](C)c1ccc(Cl)c(Cl)c1. The van der Waals surface area contributed by atoms with Crippen molar-refractivity contribution in [2.75, 3.05) is 6.16 Å². The maximum Gasteiger partial charge on any atom is 0.415 e. The molecule has 6 atom stereocenters. The maximum atomic E-state index is 13.2. The van der Waals surface area contributed by atoms with Gasteiger partial charge in [-0.1, -0.05) is 56.0 Å². The molecule has 36 heavy (non-hydrogen) atoms. The molecule has 2 N–H and O–H groups in total. The Labute approximate surface area is 224 Å². The fourth-order valence-electron chi connectivity index (χ4n) is 4.62. The lowest BCUT2D eigenvalue weighted by molar-refractivity contribution is -0.171. The molecule has 1 amide bonds. The van der Waals surface area contributed by atoms with Crippen LogP contribution in [0.3, 0.4) is 0 Å². The van der Waals surface area contributed by atoms with Crippen LogP contribution >= 0.6 is 31.2 Å². The van der Waals surface area contributed by atoms with Crippen LogP contribution in [0.25, 0.3) is 0 Å². The van der Waals surface area contributed by atoms with Gasteiger partial charge < -0.3 is 19.5 Å². The molecule has 1 aromatic rings. The number of halogens is 2. The van der Waals surface area contributed by atoms with Crippen molar-refractivity contribution in [1.82, 2.24) is 4.90 Å². The first-order valence-electron chi connectivity index (χ1n) is 12.4. The molecular weight excluding hydrogens is 528 g/mol. The van der Waals surface area contributed by atoms with Gasteiger partial charge in [0, 0.05) is 13.1 Å². The average molecular weight is 566 g/mol. The van der Waals surface area contributed by atoms with Gasteiger partial charge in [0.2, 0.25) is 6.29 Å². The fraction of sp³-hybridized carbons (Fsp3) is 0.680. The first-order chi connectivity index (χ1) is 16.9. The number of carbonyl (C=O) groups is 2. The number of amides is 1. The third-order valence-corrected chi connectivity index (χ3v) is 8.25. The van der Waals surface area contributed by atoms with Gasteiger partial charge in [-0.2, -0.15) is 0 Å². The van der Waals surface area contributed by atoms with Crippen LogP contribution < -0.4 is 0 Å². The molecule has 0 spiro atoms. The zero-order chi connectivity index (χ0) is 27.0. The van der Waals surface area contributed by atoms with Gasteiger partial charge in [-0.05, 0) is 62.1 Å². The number of esters is 1. The monoisotopic (exact) mass is 565 g/mol. The van der Waals surface area contributed by atoms with Gasteiger partial charge >= 0.3 is 12.1 Å². The molecule has 8 nitrogen and oxygen atoms in total. The Morgan fingerprint density at radius 1 is 1.11 bits per heavy atom. The number of hydrogen-bond acceptors (Lipinski definition) is 6. The highest BCUT2D eigenvalue weighted by Gasteiger charge is 2.32. The van der Waals surface area contributed by atoms with Crippen molar-refractivity contribution in [2.24, 2.45) is 17.8 Å². The molecule has 2 rings (SSSR count). The van der Waals surface area contributed by atoms with Crippen LogP contribution in [0.2, 0.25) is 10.0 Å². The zero-order valence-corrected chi connectivity index (χ0v) is 23.8. The molecule has 0 aromatic heterocycles. The number of aliphatic hydroxyl groups excluding tert-OH is 1. The summed E-state index contributed by atoms with van der Waals surface area (Å²) >= 11 is 12.2. The molecule has 11 heteroatoms. The van der Waals surface area contributed by atoms with Gasteiger partial charge in [0.1, 0.15) is 6.23 Å². The van der Waals surface area contributed by atoms with Gasteiger partial charge in [0.15, 0.2) is 8.03 Å². The van der Waals surface area contributed by atoms with Crippen molar-refractivity contribution in [1.29, 1.82) is 0 Å². The van der Waals surface area contributed by atoms with E-state index >= 15 is 0 Å². The largest absolute Gasteiger partial charge is 0.425 e. The summed E-state index contributed by atoms with van der Waals surface area (Å²) in [7, 11) is -2.51. The number of benzene rings is 1. The molecule has 0 heterocycles. The van der Waals surface area contributed by atoms with E-state index in [0.717, 1.165) is 25.7 Å². The zero-order valence-electron chi connectivity index (χ0n) is 21.3. The smallest absolute Gasteiger partial charge is 0.415 e. The summed E-state index contributed by atoms with van der Waals surface area (Å²) in [4.78, 5) is 35.6. The third kappa shape index (κ3) is 9.53. The molecule has 1 aromatic carbocycles. The van der Waals surface area contributed by atoms with Crippen LogP contribution in [0.1, 0.15) is 77.8 Å². The molecule has 1 aliphatic carbocycles. The lowest BCUT2D eigenvalue weighted by Gasteiger charge is -2.35. The van der Waals surface area contributed by atoms with Gasteiger partial charge in [-0.15, -0.1) is 0 Å². The number of nitrogens with zero attached hydrogens (tertiary/aromatic N) is 1. The molecule has 1 saturated carbocycles. The average Bonchev–Trinajstić information content (AvgIpc) is 2.79. The molecule has 0 saturated heterocycles. The Morgan fingerprint density at radius 2 is 1.78 bits per heavy atom.